The third-order valence-corrected chi connectivity index (χ3v) is 2.68. The Balaban J connectivity index is 2.36. The van der Waals surface area contributed by atoms with Crippen molar-refractivity contribution >= 4 is 0 Å². The molecular weight excluding hydrogens is 162 g/mol. The first-order valence-corrected chi connectivity index (χ1v) is 5.27. The van der Waals surface area contributed by atoms with Crippen LogP contribution in [0.5, 0.6) is 0 Å². The van der Waals surface area contributed by atoms with Crippen LogP contribution in [0.4, 0.5) is 0 Å². The smallest absolute Gasteiger partial charge is 0.0587 e. The minimum atomic E-state index is 0.238. The molecule has 2 atom stereocenters. The topological polar surface area (TPSA) is 32.3 Å². The van der Waals surface area contributed by atoms with E-state index in [2.05, 4.69) is 31.3 Å². The lowest BCUT2D eigenvalue weighted by molar-refractivity contribution is 0.202. The van der Waals surface area contributed by atoms with Crippen molar-refractivity contribution in [3.05, 3.63) is 12.2 Å². The van der Waals surface area contributed by atoms with Crippen molar-refractivity contribution < 1.29 is 5.11 Å². The number of allylic oxidation sites excluding steroid dienone is 1. The number of aliphatic hydroxyl groups is 1. The molecule has 0 aromatic heterocycles. The number of nitrogens with one attached hydrogen (secondary N) is 1. The third-order valence-electron chi connectivity index (χ3n) is 2.68. The Kier molecular flexibility index (Phi) is 4.46. The van der Waals surface area contributed by atoms with E-state index in [1.54, 1.807) is 0 Å². The van der Waals surface area contributed by atoms with Crippen molar-refractivity contribution in [3.63, 3.8) is 0 Å². The molecule has 0 aromatic carbocycles. The van der Waals surface area contributed by atoms with E-state index in [0.29, 0.717) is 12.0 Å². The van der Waals surface area contributed by atoms with E-state index < -0.39 is 0 Å². The van der Waals surface area contributed by atoms with Crippen LogP contribution in [-0.4, -0.2) is 23.8 Å². The molecule has 1 aliphatic carbocycles. The molecule has 2 nitrogen and oxygen atoms in total. The van der Waals surface area contributed by atoms with Gasteiger partial charge in [-0.05, 0) is 25.2 Å². The van der Waals surface area contributed by atoms with Crippen molar-refractivity contribution in [2.45, 2.75) is 45.2 Å². The summed E-state index contributed by atoms with van der Waals surface area (Å²) in [7, 11) is 0. The minimum Gasteiger partial charge on any atom is -0.395 e. The fourth-order valence-electron chi connectivity index (χ4n) is 1.68. The van der Waals surface area contributed by atoms with Crippen LogP contribution in [0, 0.1) is 5.92 Å². The van der Waals surface area contributed by atoms with Crippen LogP contribution in [0.1, 0.15) is 33.1 Å². The second kappa shape index (κ2) is 5.40. The Morgan fingerprint density at radius 3 is 2.77 bits per heavy atom. The second-order valence-electron chi connectivity index (χ2n) is 4.17. The maximum Gasteiger partial charge on any atom is 0.0587 e. The number of aliphatic hydroxyl groups excluding tert-OH is 1. The standard InChI is InChI=1S/C11H21NO/c1-9(2)11(8-13)12-10-6-4-3-5-7-10/h4,6,9-13H,3,5,7-8H2,1-2H3. The molecule has 0 saturated carbocycles. The zero-order valence-electron chi connectivity index (χ0n) is 8.66. The number of hydrogen-bond acceptors (Lipinski definition) is 2. The molecule has 2 heteroatoms. The van der Waals surface area contributed by atoms with Crippen LogP contribution in [0.2, 0.25) is 0 Å². The molecule has 13 heavy (non-hydrogen) atoms. The summed E-state index contributed by atoms with van der Waals surface area (Å²) in [6, 6.07) is 0.723. The van der Waals surface area contributed by atoms with Crippen molar-refractivity contribution in [2.24, 2.45) is 5.92 Å². The van der Waals surface area contributed by atoms with Crippen LogP contribution in [0.15, 0.2) is 12.2 Å². The van der Waals surface area contributed by atoms with E-state index in [-0.39, 0.29) is 12.6 Å². The van der Waals surface area contributed by atoms with Crippen LogP contribution >= 0.6 is 0 Å². The van der Waals surface area contributed by atoms with E-state index in [1.807, 2.05) is 0 Å². The summed E-state index contributed by atoms with van der Waals surface area (Å²) in [4.78, 5) is 0. The number of hydrogen-bond donors (Lipinski definition) is 2. The van der Waals surface area contributed by atoms with Gasteiger partial charge in [-0.1, -0.05) is 26.0 Å². The SMILES string of the molecule is CC(C)C(CO)NC1C=CCCC1. The van der Waals surface area contributed by atoms with Crippen molar-refractivity contribution in [1.82, 2.24) is 5.32 Å². The molecule has 0 radical (unpaired) electrons. The highest BCUT2D eigenvalue weighted by Crippen LogP contribution is 2.12. The normalized spacial score (nSPS) is 25.1. The molecule has 0 heterocycles. The van der Waals surface area contributed by atoms with Gasteiger partial charge in [0.25, 0.3) is 0 Å². The predicted octanol–water partition coefficient (Wildman–Crippen LogP) is 1.70. The van der Waals surface area contributed by atoms with Gasteiger partial charge in [-0.2, -0.15) is 0 Å². The van der Waals surface area contributed by atoms with Crippen LogP contribution in [-0.2, 0) is 0 Å². The third kappa shape index (κ3) is 3.49. The monoisotopic (exact) mass is 183 g/mol. The van der Waals surface area contributed by atoms with E-state index in [1.165, 1.54) is 19.3 Å². The van der Waals surface area contributed by atoms with E-state index in [0.717, 1.165) is 0 Å². The van der Waals surface area contributed by atoms with Gasteiger partial charge >= 0.3 is 0 Å². The predicted molar refractivity (Wildman–Crippen MR) is 55.6 cm³/mol. The van der Waals surface area contributed by atoms with Crippen LogP contribution < -0.4 is 5.32 Å². The van der Waals surface area contributed by atoms with Gasteiger partial charge in [0.05, 0.1) is 6.61 Å². The highest BCUT2D eigenvalue weighted by molar-refractivity contribution is 4.98. The summed E-state index contributed by atoms with van der Waals surface area (Å²) < 4.78 is 0. The summed E-state index contributed by atoms with van der Waals surface area (Å²) in [5.41, 5.74) is 0. The quantitative estimate of drug-likeness (QED) is 0.650. The Morgan fingerprint density at radius 2 is 2.31 bits per heavy atom. The van der Waals surface area contributed by atoms with Crippen molar-refractivity contribution in [2.75, 3.05) is 6.61 Å². The zero-order chi connectivity index (χ0) is 9.68. The van der Waals surface area contributed by atoms with Crippen LogP contribution in [0.3, 0.4) is 0 Å². The number of rotatable bonds is 4. The minimum absolute atomic E-state index is 0.238. The summed E-state index contributed by atoms with van der Waals surface area (Å²) in [6.07, 6.45) is 8.15. The summed E-state index contributed by atoms with van der Waals surface area (Å²) >= 11 is 0. The van der Waals surface area contributed by atoms with Gasteiger partial charge in [0.15, 0.2) is 0 Å². The molecule has 2 N–H and O–H groups in total. The Morgan fingerprint density at radius 1 is 1.54 bits per heavy atom. The van der Waals surface area contributed by atoms with Gasteiger partial charge in [-0.3, -0.25) is 0 Å². The average molecular weight is 183 g/mol. The molecular formula is C11H21NO. The molecule has 0 spiro atoms. The van der Waals surface area contributed by atoms with E-state index >= 15 is 0 Å². The average Bonchev–Trinajstić information content (AvgIpc) is 2.15. The molecule has 0 aliphatic heterocycles. The largest absolute Gasteiger partial charge is 0.395 e. The lowest BCUT2D eigenvalue weighted by Gasteiger charge is -2.26. The molecule has 0 saturated heterocycles. The highest BCUT2D eigenvalue weighted by atomic mass is 16.3. The molecule has 1 aliphatic rings. The molecule has 0 amide bonds. The first-order valence-electron chi connectivity index (χ1n) is 5.27. The molecule has 1 rings (SSSR count). The summed E-state index contributed by atoms with van der Waals surface area (Å²) in [5.74, 6) is 0.500. The van der Waals surface area contributed by atoms with E-state index in [4.69, 9.17) is 5.11 Å². The Hall–Kier alpha value is -0.340. The maximum atomic E-state index is 9.14. The fraction of sp³-hybridized carbons (Fsp3) is 0.818. The zero-order valence-corrected chi connectivity index (χ0v) is 8.66. The molecule has 0 bridgehead atoms. The van der Waals surface area contributed by atoms with Gasteiger partial charge in [0.2, 0.25) is 0 Å². The molecule has 0 fully saturated rings. The second-order valence-corrected chi connectivity index (χ2v) is 4.17. The highest BCUT2D eigenvalue weighted by Gasteiger charge is 2.16. The van der Waals surface area contributed by atoms with Crippen molar-refractivity contribution in [1.29, 1.82) is 0 Å². The lowest BCUT2D eigenvalue weighted by Crippen LogP contribution is -2.43. The van der Waals surface area contributed by atoms with Gasteiger partial charge in [0, 0.05) is 12.1 Å². The molecule has 76 valence electrons. The Bertz CT molecular complexity index is 165. The van der Waals surface area contributed by atoms with Crippen molar-refractivity contribution in [3.8, 4) is 0 Å². The van der Waals surface area contributed by atoms with Gasteiger partial charge < -0.3 is 10.4 Å². The first kappa shape index (κ1) is 10.7. The Labute approximate surface area is 81.0 Å². The first-order chi connectivity index (χ1) is 6.24. The van der Waals surface area contributed by atoms with Gasteiger partial charge in [-0.25, -0.2) is 0 Å². The fourth-order valence-corrected chi connectivity index (χ4v) is 1.68. The van der Waals surface area contributed by atoms with E-state index in [9.17, 15) is 0 Å². The summed E-state index contributed by atoms with van der Waals surface area (Å²) in [6.45, 7) is 4.52. The summed E-state index contributed by atoms with van der Waals surface area (Å²) in [5, 5.41) is 12.6. The van der Waals surface area contributed by atoms with Gasteiger partial charge in [0.1, 0.15) is 0 Å². The lowest BCUT2D eigenvalue weighted by atomic mass is 9.99. The molecule has 2 unspecified atom stereocenters. The molecule has 0 aromatic rings. The maximum absolute atomic E-state index is 9.14. The van der Waals surface area contributed by atoms with Gasteiger partial charge in [-0.15, -0.1) is 0 Å². The van der Waals surface area contributed by atoms with Crippen LogP contribution in [0.25, 0.3) is 0 Å².